The molecule has 2 rings (SSSR count). The van der Waals surface area contributed by atoms with Crippen LogP contribution in [-0.4, -0.2) is 15.0 Å². The van der Waals surface area contributed by atoms with Crippen LogP contribution < -0.4 is 5.73 Å². The molecule has 2 aromatic rings. The molecule has 1 aromatic carbocycles. The molecule has 0 spiro atoms. The first kappa shape index (κ1) is 12.8. The zero-order chi connectivity index (χ0) is 13.0. The number of hydrogen-bond donors (Lipinski definition) is 1. The standard InChI is InChI=1S/C14H20N4/c1-3-7-14-12(10-15)16-17-18(14)13-9-6-5-8-11(13)4-2/h5-6,8-9H,3-4,7,10,15H2,1-2H3. The molecule has 0 radical (unpaired) electrons. The molecule has 96 valence electrons. The minimum absolute atomic E-state index is 0.448. The highest BCUT2D eigenvalue weighted by molar-refractivity contribution is 5.42. The van der Waals surface area contributed by atoms with Crippen LogP contribution >= 0.6 is 0 Å². The van der Waals surface area contributed by atoms with Gasteiger partial charge in [0.15, 0.2) is 0 Å². The van der Waals surface area contributed by atoms with E-state index in [-0.39, 0.29) is 0 Å². The van der Waals surface area contributed by atoms with Gasteiger partial charge in [-0.1, -0.05) is 43.7 Å². The molecule has 0 aliphatic rings. The second kappa shape index (κ2) is 5.78. The molecule has 0 aliphatic carbocycles. The molecule has 4 nitrogen and oxygen atoms in total. The van der Waals surface area contributed by atoms with Gasteiger partial charge in [-0.15, -0.1) is 5.10 Å². The van der Waals surface area contributed by atoms with Gasteiger partial charge in [0.25, 0.3) is 0 Å². The van der Waals surface area contributed by atoms with Gasteiger partial charge in [-0.3, -0.25) is 0 Å². The molecule has 0 amide bonds. The van der Waals surface area contributed by atoms with Gasteiger partial charge < -0.3 is 5.73 Å². The molecule has 0 saturated heterocycles. The van der Waals surface area contributed by atoms with Crippen LogP contribution in [0.3, 0.4) is 0 Å². The van der Waals surface area contributed by atoms with Crippen molar-refractivity contribution in [3.8, 4) is 5.69 Å². The molecule has 0 atom stereocenters. The lowest BCUT2D eigenvalue weighted by atomic mass is 10.1. The van der Waals surface area contributed by atoms with Crippen molar-refractivity contribution in [2.24, 2.45) is 5.73 Å². The third kappa shape index (κ3) is 2.29. The molecule has 2 N–H and O–H groups in total. The normalized spacial score (nSPS) is 10.8. The van der Waals surface area contributed by atoms with Crippen LogP contribution in [0, 0.1) is 0 Å². The van der Waals surface area contributed by atoms with Crippen molar-refractivity contribution in [3.05, 3.63) is 41.2 Å². The molecular weight excluding hydrogens is 224 g/mol. The maximum atomic E-state index is 5.73. The molecule has 0 saturated carbocycles. The van der Waals surface area contributed by atoms with Gasteiger partial charge in [0.2, 0.25) is 0 Å². The lowest BCUT2D eigenvalue weighted by molar-refractivity contribution is 0.739. The molecule has 0 bridgehead atoms. The van der Waals surface area contributed by atoms with E-state index in [1.165, 1.54) is 5.56 Å². The highest BCUT2D eigenvalue weighted by Gasteiger charge is 2.13. The monoisotopic (exact) mass is 244 g/mol. The highest BCUT2D eigenvalue weighted by Crippen LogP contribution is 2.18. The molecule has 0 fully saturated rings. The summed E-state index contributed by atoms with van der Waals surface area (Å²) in [7, 11) is 0. The second-order valence-electron chi connectivity index (χ2n) is 4.33. The summed E-state index contributed by atoms with van der Waals surface area (Å²) < 4.78 is 1.95. The molecular formula is C14H20N4. The van der Waals surface area contributed by atoms with Crippen molar-refractivity contribution in [2.75, 3.05) is 0 Å². The summed E-state index contributed by atoms with van der Waals surface area (Å²) in [5.74, 6) is 0. The quantitative estimate of drug-likeness (QED) is 0.877. The Kier molecular flexibility index (Phi) is 4.10. The Hall–Kier alpha value is -1.68. The Morgan fingerprint density at radius 2 is 2.00 bits per heavy atom. The minimum Gasteiger partial charge on any atom is -0.325 e. The average molecular weight is 244 g/mol. The Balaban J connectivity index is 2.52. The van der Waals surface area contributed by atoms with Crippen molar-refractivity contribution in [2.45, 2.75) is 39.7 Å². The Bertz CT molecular complexity index is 516. The SMILES string of the molecule is CCCc1c(CN)nnn1-c1ccccc1CC. The van der Waals surface area contributed by atoms with Gasteiger partial charge >= 0.3 is 0 Å². The predicted octanol–water partition coefficient (Wildman–Crippen LogP) is 2.24. The fourth-order valence-electron chi connectivity index (χ4n) is 2.19. The number of hydrogen-bond acceptors (Lipinski definition) is 3. The minimum atomic E-state index is 0.448. The van der Waals surface area contributed by atoms with E-state index in [0.29, 0.717) is 6.54 Å². The van der Waals surface area contributed by atoms with Crippen molar-refractivity contribution < 1.29 is 0 Å². The van der Waals surface area contributed by atoms with E-state index in [0.717, 1.165) is 36.3 Å². The van der Waals surface area contributed by atoms with E-state index in [4.69, 9.17) is 5.73 Å². The Morgan fingerprint density at radius 1 is 1.22 bits per heavy atom. The number of rotatable bonds is 5. The first-order valence-electron chi connectivity index (χ1n) is 6.53. The first-order chi connectivity index (χ1) is 8.81. The van der Waals surface area contributed by atoms with E-state index in [9.17, 15) is 0 Å². The highest BCUT2D eigenvalue weighted by atomic mass is 15.4. The fourth-order valence-corrected chi connectivity index (χ4v) is 2.19. The van der Waals surface area contributed by atoms with Crippen LogP contribution in [0.15, 0.2) is 24.3 Å². The van der Waals surface area contributed by atoms with E-state index in [1.807, 2.05) is 10.7 Å². The van der Waals surface area contributed by atoms with Crippen LogP contribution in [0.5, 0.6) is 0 Å². The zero-order valence-corrected chi connectivity index (χ0v) is 11.1. The lowest BCUT2D eigenvalue weighted by Gasteiger charge is -2.10. The number of nitrogens with zero attached hydrogens (tertiary/aromatic N) is 3. The number of benzene rings is 1. The molecule has 1 aromatic heterocycles. The van der Waals surface area contributed by atoms with E-state index >= 15 is 0 Å². The summed E-state index contributed by atoms with van der Waals surface area (Å²) in [5, 5.41) is 8.46. The third-order valence-electron chi connectivity index (χ3n) is 3.12. The summed E-state index contributed by atoms with van der Waals surface area (Å²) >= 11 is 0. The number of para-hydroxylation sites is 1. The molecule has 18 heavy (non-hydrogen) atoms. The Labute approximate surface area is 108 Å². The maximum absolute atomic E-state index is 5.73. The van der Waals surface area contributed by atoms with Gasteiger partial charge in [0, 0.05) is 6.54 Å². The largest absolute Gasteiger partial charge is 0.325 e. The van der Waals surface area contributed by atoms with Gasteiger partial charge in [0.05, 0.1) is 17.1 Å². The summed E-state index contributed by atoms with van der Waals surface area (Å²) in [6.45, 7) is 4.76. The van der Waals surface area contributed by atoms with Gasteiger partial charge in [0.1, 0.15) is 0 Å². The van der Waals surface area contributed by atoms with E-state index < -0.39 is 0 Å². The van der Waals surface area contributed by atoms with Gasteiger partial charge in [-0.05, 0) is 24.5 Å². The fraction of sp³-hybridized carbons (Fsp3) is 0.429. The number of aromatic nitrogens is 3. The average Bonchev–Trinajstić information content (AvgIpc) is 2.82. The van der Waals surface area contributed by atoms with Crippen LogP contribution in [0.4, 0.5) is 0 Å². The van der Waals surface area contributed by atoms with Gasteiger partial charge in [-0.2, -0.15) is 0 Å². The summed E-state index contributed by atoms with van der Waals surface area (Å²) in [4.78, 5) is 0. The third-order valence-corrected chi connectivity index (χ3v) is 3.12. The van der Waals surface area contributed by atoms with Gasteiger partial charge in [-0.25, -0.2) is 4.68 Å². The smallest absolute Gasteiger partial charge is 0.0999 e. The predicted molar refractivity (Wildman–Crippen MR) is 72.6 cm³/mol. The first-order valence-corrected chi connectivity index (χ1v) is 6.53. The topological polar surface area (TPSA) is 56.7 Å². The van der Waals surface area contributed by atoms with Crippen molar-refractivity contribution >= 4 is 0 Å². The molecule has 4 heteroatoms. The van der Waals surface area contributed by atoms with Crippen molar-refractivity contribution in [1.82, 2.24) is 15.0 Å². The lowest BCUT2D eigenvalue weighted by Crippen LogP contribution is -2.07. The molecule has 0 unspecified atom stereocenters. The molecule has 0 aliphatic heterocycles. The number of aryl methyl sites for hydroxylation is 1. The number of nitrogens with two attached hydrogens (primary N) is 1. The zero-order valence-electron chi connectivity index (χ0n) is 11.1. The second-order valence-corrected chi connectivity index (χ2v) is 4.33. The van der Waals surface area contributed by atoms with Crippen LogP contribution in [0.1, 0.15) is 37.2 Å². The van der Waals surface area contributed by atoms with E-state index in [1.54, 1.807) is 0 Å². The van der Waals surface area contributed by atoms with E-state index in [2.05, 4.69) is 42.4 Å². The summed E-state index contributed by atoms with van der Waals surface area (Å²) in [6.07, 6.45) is 3.01. The van der Waals surface area contributed by atoms with Crippen LogP contribution in [0.25, 0.3) is 5.69 Å². The van der Waals surface area contributed by atoms with Crippen LogP contribution in [0.2, 0.25) is 0 Å². The molecule has 1 heterocycles. The van der Waals surface area contributed by atoms with Crippen molar-refractivity contribution in [3.63, 3.8) is 0 Å². The summed E-state index contributed by atoms with van der Waals surface area (Å²) in [6, 6.07) is 8.32. The van der Waals surface area contributed by atoms with Crippen LogP contribution in [-0.2, 0) is 19.4 Å². The van der Waals surface area contributed by atoms with Crippen molar-refractivity contribution in [1.29, 1.82) is 0 Å². The Morgan fingerprint density at radius 3 is 2.67 bits per heavy atom. The summed E-state index contributed by atoms with van der Waals surface area (Å²) in [5.41, 5.74) is 10.2. The maximum Gasteiger partial charge on any atom is 0.0999 e.